The number of allylic oxidation sites excluding steroid dienone is 1. The molecular weight excluding hydrogens is 426 g/mol. The van der Waals surface area contributed by atoms with Crippen LogP contribution < -0.4 is 5.73 Å². The van der Waals surface area contributed by atoms with Crippen molar-refractivity contribution in [1.29, 1.82) is 0 Å². The molecular formula is C19H43NO8Si2. The molecule has 0 aliphatic rings. The van der Waals surface area contributed by atoms with Gasteiger partial charge in [-0.1, -0.05) is 6.08 Å². The van der Waals surface area contributed by atoms with Gasteiger partial charge in [0.05, 0.1) is 0 Å². The van der Waals surface area contributed by atoms with E-state index < -0.39 is 23.6 Å². The molecule has 0 rings (SSSR count). The minimum absolute atomic E-state index is 0.361. The molecule has 11 heteroatoms. The van der Waals surface area contributed by atoms with E-state index in [0.717, 1.165) is 18.9 Å². The Morgan fingerprint density at radius 2 is 1.30 bits per heavy atom. The normalized spacial score (nSPS) is 12.5. The highest BCUT2D eigenvalue weighted by Gasteiger charge is 2.39. The number of carbonyl (C=O) groups is 1. The lowest BCUT2D eigenvalue weighted by molar-refractivity contribution is -0.132. The van der Waals surface area contributed by atoms with Crippen LogP contribution in [0, 0.1) is 0 Å². The predicted molar refractivity (Wildman–Crippen MR) is 121 cm³/mol. The van der Waals surface area contributed by atoms with E-state index in [4.69, 9.17) is 37.4 Å². The van der Waals surface area contributed by atoms with Crippen LogP contribution in [-0.2, 0) is 31.4 Å². The molecule has 0 aliphatic heterocycles. The maximum absolute atomic E-state index is 10.5. The fraction of sp³-hybridized carbons (Fsp3) is 0.842. The molecule has 30 heavy (non-hydrogen) atoms. The maximum Gasteiger partial charge on any atom is 0.500 e. The summed E-state index contributed by atoms with van der Waals surface area (Å²) in [4.78, 5) is 10.5. The summed E-state index contributed by atoms with van der Waals surface area (Å²) >= 11 is 0. The van der Waals surface area contributed by atoms with Crippen molar-refractivity contribution in [3.63, 3.8) is 0 Å². The van der Waals surface area contributed by atoms with Gasteiger partial charge in [-0.05, 0) is 53.5 Å². The third kappa shape index (κ3) is 13.6. The van der Waals surface area contributed by atoms with E-state index in [0.29, 0.717) is 44.4 Å². The van der Waals surface area contributed by atoms with Crippen molar-refractivity contribution >= 4 is 23.6 Å². The molecule has 0 radical (unpaired) electrons. The van der Waals surface area contributed by atoms with Gasteiger partial charge in [0.25, 0.3) is 0 Å². The molecule has 0 unspecified atom stereocenters. The molecule has 180 valence electrons. The van der Waals surface area contributed by atoms with Crippen LogP contribution in [0.15, 0.2) is 11.6 Å². The van der Waals surface area contributed by atoms with E-state index in [1.54, 1.807) is 34.3 Å². The smallest absolute Gasteiger partial charge is 0.478 e. The Morgan fingerprint density at radius 1 is 0.867 bits per heavy atom. The van der Waals surface area contributed by atoms with Gasteiger partial charge in [-0.15, -0.1) is 0 Å². The molecule has 0 heterocycles. The van der Waals surface area contributed by atoms with Gasteiger partial charge >= 0.3 is 23.6 Å². The lowest BCUT2D eigenvalue weighted by Gasteiger charge is -2.28. The van der Waals surface area contributed by atoms with Crippen LogP contribution in [-0.4, -0.2) is 76.4 Å². The zero-order chi connectivity index (χ0) is 23.5. The summed E-state index contributed by atoms with van der Waals surface area (Å²) in [5.41, 5.74) is 5.84. The van der Waals surface area contributed by atoms with E-state index >= 15 is 0 Å². The number of aliphatic carboxylic acids is 1. The molecule has 0 aromatic carbocycles. The Balaban J connectivity index is 0. The first-order valence-corrected chi connectivity index (χ1v) is 14.3. The van der Waals surface area contributed by atoms with Gasteiger partial charge in [-0.25, -0.2) is 4.79 Å². The summed E-state index contributed by atoms with van der Waals surface area (Å²) in [6.07, 6.45) is 4.06. The Kier molecular flexibility index (Phi) is 20.1. The molecule has 0 amide bonds. The summed E-state index contributed by atoms with van der Waals surface area (Å²) in [6.45, 7) is 10.0. The minimum atomic E-state index is -2.49. The maximum atomic E-state index is 10.5. The average Bonchev–Trinajstić information content (AvgIpc) is 2.74. The summed E-state index contributed by atoms with van der Waals surface area (Å²) in [5.74, 6) is -0.881. The molecule has 9 nitrogen and oxygen atoms in total. The summed E-state index contributed by atoms with van der Waals surface area (Å²) in [5, 5.41) is 8.65. The monoisotopic (exact) mass is 469 g/mol. The van der Waals surface area contributed by atoms with Crippen LogP contribution >= 0.6 is 0 Å². The van der Waals surface area contributed by atoms with Crippen LogP contribution in [0.25, 0.3) is 0 Å². The van der Waals surface area contributed by atoms with Crippen LogP contribution in [0.5, 0.6) is 0 Å². The van der Waals surface area contributed by atoms with Crippen molar-refractivity contribution in [2.45, 2.75) is 59.0 Å². The van der Waals surface area contributed by atoms with Gasteiger partial charge in [0.15, 0.2) is 0 Å². The van der Waals surface area contributed by atoms with Gasteiger partial charge in [0.1, 0.15) is 0 Å². The van der Waals surface area contributed by atoms with Crippen LogP contribution in [0.4, 0.5) is 0 Å². The Morgan fingerprint density at radius 3 is 1.63 bits per heavy atom. The lowest BCUT2D eigenvalue weighted by Crippen LogP contribution is -2.46. The molecule has 0 saturated carbocycles. The Labute approximate surface area is 184 Å². The van der Waals surface area contributed by atoms with Crippen molar-refractivity contribution in [2.24, 2.45) is 5.73 Å². The third-order valence-corrected chi connectivity index (χ3v) is 10.2. The van der Waals surface area contributed by atoms with Crippen molar-refractivity contribution in [1.82, 2.24) is 0 Å². The van der Waals surface area contributed by atoms with E-state index in [2.05, 4.69) is 0 Å². The fourth-order valence-electron chi connectivity index (χ4n) is 2.60. The van der Waals surface area contributed by atoms with Gasteiger partial charge < -0.3 is 37.4 Å². The standard InChI is InChI=1S/C10H20O5Si.C9H23NO3Si/c1-9(10(11)12)7-5-6-8-16(13-2,14-3)15-4;1-4-11-14(12-5-2,13-6-3)9-7-8-10/h7H,5-6,8H2,1-4H3,(H,11,12);4-10H2,1-3H3. The minimum Gasteiger partial charge on any atom is -0.478 e. The predicted octanol–water partition coefficient (Wildman–Crippen LogP) is 3.06. The van der Waals surface area contributed by atoms with E-state index in [9.17, 15) is 4.79 Å². The number of hydrogen-bond donors (Lipinski definition) is 2. The van der Waals surface area contributed by atoms with E-state index in [-0.39, 0.29) is 0 Å². The first-order valence-electron chi connectivity index (χ1n) is 10.4. The topological polar surface area (TPSA) is 119 Å². The second-order valence-electron chi connectivity index (χ2n) is 6.25. The second kappa shape index (κ2) is 19.1. The van der Waals surface area contributed by atoms with Crippen molar-refractivity contribution in [2.75, 3.05) is 47.7 Å². The van der Waals surface area contributed by atoms with Crippen LogP contribution in [0.2, 0.25) is 12.1 Å². The molecule has 0 saturated heterocycles. The number of unbranched alkanes of at least 4 members (excludes halogenated alkanes) is 1. The third-order valence-electron chi connectivity index (χ3n) is 4.19. The van der Waals surface area contributed by atoms with Gasteiger partial charge in [-0.3, -0.25) is 0 Å². The van der Waals surface area contributed by atoms with Crippen molar-refractivity contribution < 1.29 is 36.5 Å². The molecule has 3 N–H and O–H groups in total. The number of carboxylic acid groups (broad SMARTS) is 1. The zero-order valence-electron chi connectivity index (χ0n) is 19.8. The van der Waals surface area contributed by atoms with Crippen LogP contribution in [0.3, 0.4) is 0 Å². The molecule has 0 fully saturated rings. The quantitative estimate of drug-likeness (QED) is 0.188. The van der Waals surface area contributed by atoms with Gasteiger partial charge in [0.2, 0.25) is 0 Å². The highest BCUT2D eigenvalue weighted by Crippen LogP contribution is 2.18. The van der Waals surface area contributed by atoms with E-state index in [1.165, 1.54) is 0 Å². The number of carboxylic acids is 1. The highest BCUT2D eigenvalue weighted by atomic mass is 28.4. The molecule has 0 aromatic heterocycles. The fourth-order valence-corrected chi connectivity index (χ4v) is 6.99. The Bertz CT molecular complexity index is 437. The molecule has 0 bridgehead atoms. The van der Waals surface area contributed by atoms with Crippen molar-refractivity contribution in [3.8, 4) is 0 Å². The lowest BCUT2D eigenvalue weighted by atomic mass is 10.2. The average molecular weight is 470 g/mol. The van der Waals surface area contributed by atoms with Crippen molar-refractivity contribution in [3.05, 3.63) is 11.6 Å². The Hall–Kier alpha value is -0.636. The number of rotatable bonds is 17. The highest BCUT2D eigenvalue weighted by molar-refractivity contribution is 6.61. The van der Waals surface area contributed by atoms with Gasteiger partial charge in [-0.2, -0.15) is 0 Å². The summed E-state index contributed by atoms with van der Waals surface area (Å²) < 4.78 is 32.7. The molecule has 0 aromatic rings. The second-order valence-corrected chi connectivity index (χ2v) is 12.1. The largest absolute Gasteiger partial charge is 0.500 e. The molecule has 0 atom stereocenters. The SMILES string of the molecule is CCO[Si](CCCN)(OCC)OCC.CO[Si](CCCC=C(C)C(=O)O)(OC)OC. The summed E-state index contributed by atoms with van der Waals surface area (Å²) in [6, 6.07) is 1.50. The molecule has 0 aliphatic carbocycles. The molecule has 0 spiro atoms. The summed E-state index contributed by atoms with van der Waals surface area (Å²) in [7, 11) is -0.189. The van der Waals surface area contributed by atoms with Gasteiger partial charge in [0, 0.05) is 58.8 Å². The van der Waals surface area contributed by atoms with Crippen LogP contribution in [0.1, 0.15) is 47.0 Å². The van der Waals surface area contributed by atoms with E-state index in [1.807, 2.05) is 20.8 Å². The first kappa shape index (κ1) is 31.5. The number of nitrogens with two attached hydrogens (primary N) is 1. The zero-order valence-corrected chi connectivity index (χ0v) is 21.8. The first-order chi connectivity index (χ1) is 14.3. The number of hydrogen-bond acceptors (Lipinski definition) is 8.